The van der Waals surface area contributed by atoms with Crippen molar-refractivity contribution in [3.8, 4) is 0 Å². The maximum Gasteiger partial charge on any atom is 0.130 e. The number of rotatable bonds is 2. The number of aliphatic hydroxyl groups excluding tert-OH is 1. The lowest BCUT2D eigenvalue weighted by atomic mass is 9.75. The van der Waals surface area contributed by atoms with Gasteiger partial charge >= 0.3 is 0 Å². The molecule has 2 heterocycles. The zero-order valence-corrected chi connectivity index (χ0v) is 13.3. The molecule has 2 N–H and O–H groups in total. The van der Waals surface area contributed by atoms with Gasteiger partial charge in [-0.1, -0.05) is 6.07 Å². The van der Waals surface area contributed by atoms with Crippen LogP contribution in [0.3, 0.4) is 0 Å². The molecule has 3 rings (SSSR count). The number of ether oxygens (including phenoxy) is 1. The van der Waals surface area contributed by atoms with Crippen molar-refractivity contribution in [2.24, 2.45) is 0 Å². The van der Waals surface area contributed by atoms with Gasteiger partial charge in [0.25, 0.3) is 0 Å². The second-order valence-corrected chi connectivity index (χ2v) is 6.93. The number of aliphatic hydroxyl groups is 2. The summed E-state index contributed by atoms with van der Waals surface area (Å²) in [5, 5.41) is 20.8. The molecule has 0 aromatic heterocycles. The summed E-state index contributed by atoms with van der Waals surface area (Å²) in [7, 11) is 0. The molecule has 0 amide bonds. The Hall–Kier alpha value is -1.08. The van der Waals surface area contributed by atoms with E-state index < -0.39 is 28.9 Å². The molecule has 0 saturated carbocycles. The molecule has 0 unspecified atom stereocenters. The van der Waals surface area contributed by atoms with Gasteiger partial charge in [0.15, 0.2) is 0 Å². The van der Waals surface area contributed by atoms with Crippen molar-refractivity contribution in [3.63, 3.8) is 0 Å². The molecule has 2 aliphatic heterocycles. The second kappa shape index (κ2) is 6.09. The predicted molar refractivity (Wildman–Crippen MR) is 80.8 cm³/mol. The van der Waals surface area contributed by atoms with Gasteiger partial charge in [-0.05, 0) is 25.8 Å². The van der Waals surface area contributed by atoms with E-state index in [4.69, 9.17) is 4.74 Å². The molecule has 6 heteroatoms. The van der Waals surface area contributed by atoms with Crippen LogP contribution in [-0.4, -0.2) is 52.1 Å². The Kier molecular flexibility index (Phi) is 4.44. The maximum atomic E-state index is 13.8. The lowest BCUT2D eigenvalue weighted by molar-refractivity contribution is -0.246. The fourth-order valence-corrected chi connectivity index (χ4v) is 3.64. The van der Waals surface area contributed by atoms with Crippen LogP contribution in [-0.2, 0) is 11.3 Å². The molecular formula is C17H23F2NO3. The number of halogens is 2. The van der Waals surface area contributed by atoms with Gasteiger partial charge in [-0.25, -0.2) is 8.78 Å². The Bertz CT molecular complexity index is 571. The summed E-state index contributed by atoms with van der Waals surface area (Å²) in [4.78, 5) is 2.06. The van der Waals surface area contributed by atoms with Crippen molar-refractivity contribution < 1.29 is 23.7 Å². The normalized spacial score (nSPS) is 31.4. The molecule has 1 aromatic rings. The van der Waals surface area contributed by atoms with E-state index in [1.165, 1.54) is 12.1 Å². The highest BCUT2D eigenvalue weighted by atomic mass is 19.1. The predicted octanol–water partition coefficient (Wildman–Crippen LogP) is 1.83. The van der Waals surface area contributed by atoms with E-state index in [2.05, 4.69) is 4.90 Å². The van der Waals surface area contributed by atoms with Crippen LogP contribution in [0.4, 0.5) is 8.78 Å². The van der Waals surface area contributed by atoms with Gasteiger partial charge in [-0.3, -0.25) is 4.90 Å². The highest BCUT2D eigenvalue weighted by molar-refractivity contribution is 5.18. The second-order valence-electron chi connectivity index (χ2n) is 6.93. The highest BCUT2D eigenvalue weighted by Gasteiger charge is 2.52. The minimum atomic E-state index is -1.14. The van der Waals surface area contributed by atoms with E-state index in [0.29, 0.717) is 51.1 Å². The summed E-state index contributed by atoms with van der Waals surface area (Å²) in [6.07, 6.45) is 0.647. The quantitative estimate of drug-likeness (QED) is 0.870. The molecule has 2 fully saturated rings. The summed E-state index contributed by atoms with van der Waals surface area (Å²) in [6.45, 7) is 3.72. The zero-order chi connectivity index (χ0) is 16.7. The zero-order valence-electron chi connectivity index (χ0n) is 13.3. The van der Waals surface area contributed by atoms with E-state index in [9.17, 15) is 19.0 Å². The Morgan fingerprint density at radius 1 is 1.26 bits per heavy atom. The van der Waals surface area contributed by atoms with Crippen LogP contribution >= 0.6 is 0 Å². The van der Waals surface area contributed by atoms with Gasteiger partial charge in [0.05, 0.1) is 17.8 Å². The number of likely N-dealkylation sites (tertiary alicyclic amines) is 1. The van der Waals surface area contributed by atoms with Gasteiger partial charge in [-0.2, -0.15) is 0 Å². The van der Waals surface area contributed by atoms with Crippen molar-refractivity contribution in [2.45, 2.75) is 50.0 Å². The summed E-state index contributed by atoms with van der Waals surface area (Å²) in [5.74, 6) is -1.12. The average molecular weight is 327 g/mol. The van der Waals surface area contributed by atoms with Crippen LogP contribution in [0, 0.1) is 11.6 Å². The minimum absolute atomic E-state index is 0.398. The first-order chi connectivity index (χ1) is 10.8. The summed E-state index contributed by atoms with van der Waals surface area (Å²) < 4.78 is 32.5. The highest BCUT2D eigenvalue weighted by Crippen LogP contribution is 2.40. The van der Waals surface area contributed by atoms with Crippen molar-refractivity contribution >= 4 is 0 Å². The molecule has 128 valence electrons. The Morgan fingerprint density at radius 2 is 1.96 bits per heavy atom. The lowest BCUT2D eigenvalue weighted by Gasteiger charge is -2.51. The largest absolute Gasteiger partial charge is 0.387 e. The van der Waals surface area contributed by atoms with Crippen molar-refractivity contribution in [1.29, 1.82) is 0 Å². The fraction of sp³-hybridized carbons (Fsp3) is 0.647. The number of piperidine rings is 1. The number of nitrogens with zero attached hydrogens (tertiary/aromatic N) is 1. The molecule has 2 aliphatic rings. The molecule has 2 saturated heterocycles. The van der Waals surface area contributed by atoms with E-state index >= 15 is 0 Å². The van der Waals surface area contributed by atoms with Crippen LogP contribution in [0.2, 0.25) is 0 Å². The van der Waals surface area contributed by atoms with Gasteiger partial charge in [0, 0.05) is 37.7 Å². The molecular weight excluding hydrogens is 304 g/mol. The third-order valence-corrected chi connectivity index (χ3v) is 5.20. The molecule has 1 spiro atoms. The smallest absolute Gasteiger partial charge is 0.130 e. The van der Waals surface area contributed by atoms with Crippen LogP contribution in [0.15, 0.2) is 18.2 Å². The first-order valence-electron chi connectivity index (χ1n) is 8.03. The molecule has 4 nitrogen and oxygen atoms in total. The van der Waals surface area contributed by atoms with E-state index in [-0.39, 0.29) is 0 Å². The van der Waals surface area contributed by atoms with Crippen LogP contribution in [0.1, 0.15) is 31.7 Å². The summed E-state index contributed by atoms with van der Waals surface area (Å²) in [6, 6.07) is 3.62. The fourth-order valence-electron chi connectivity index (χ4n) is 3.64. The molecule has 0 bridgehead atoms. The van der Waals surface area contributed by atoms with Gasteiger partial charge in [0.2, 0.25) is 0 Å². The van der Waals surface area contributed by atoms with E-state index in [1.54, 1.807) is 6.92 Å². The third-order valence-electron chi connectivity index (χ3n) is 5.20. The summed E-state index contributed by atoms with van der Waals surface area (Å²) >= 11 is 0. The summed E-state index contributed by atoms with van der Waals surface area (Å²) in [5.41, 5.74) is -1.40. The Labute approximate surface area is 134 Å². The Balaban J connectivity index is 1.64. The standard InChI is InChI=1S/C17H23F2NO3/c1-16(22)6-9-23-17(15(16)21)4-7-20(8-5-17)11-12-2-3-13(18)10-14(12)19/h2-3,10,15,21-22H,4-9,11H2,1H3/t15-,16+/m0/s1. The molecule has 23 heavy (non-hydrogen) atoms. The number of benzene rings is 1. The molecule has 0 radical (unpaired) electrons. The first kappa shape index (κ1) is 16.8. The van der Waals surface area contributed by atoms with Gasteiger partial charge < -0.3 is 14.9 Å². The Morgan fingerprint density at radius 3 is 2.61 bits per heavy atom. The monoisotopic (exact) mass is 327 g/mol. The topological polar surface area (TPSA) is 52.9 Å². The molecule has 1 aromatic carbocycles. The van der Waals surface area contributed by atoms with Gasteiger partial charge in [-0.15, -0.1) is 0 Å². The molecule has 0 aliphatic carbocycles. The number of hydrogen-bond donors (Lipinski definition) is 2. The van der Waals surface area contributed by atoms with Crippen molar-refractivity contribution in [1.82, 2.24) is 4.90 Å². The van der Waals surface area contributed by atoms with Crippen molar-refractivity contribution in [3.05, 3.63) is 35.4 Å². The SMILES string of the molecule is C[C@@]1(O)CCOC2(CCN(Cc3ccc(F)cc3F)CC2)[C@H]1O. The third kappa shape index (κ3) is 3.26. The average Bonchev–Trinajstić information content (AvgIpc) is 2.50. The minimum Gasteiger partial charge on any atom is -0.387 e. The van der Waals surface area contributed by atoms with Crippen LogP contribution in [0.25, 0.3) is 0 Å². The number of hydrogen-bond acceptors (Lipinski definition) is 4. The first-order valence-corrected chi connectivity index (χ1v) is 8.03. The van der Waals surface area contributed by atoms with Crippen molar-refractivity contribution in [2.75, 3.05) is 19.7 Å². The maximum absolute atomic E-state index is 13.8. The van der Waals surface area contributed by atoms with Crippen LogP contribution < -0.4 is 0 Å². The van der Waals surface area contributed by atoms with E-state index in [0.717, 1.165) is 6.07 Å². The molecule has 2 atom stereocenters. The van der Waals surface area contributed by atoms with Crippen LogP contribution in [0.5, 0.6) is 0 Å². The van der Waals surface area contributed by atoms with E-state index in [1.807, 2.05) is 0 Å². The van der Waals surface area contributed by atoms with Gasteiger partial charge in [0.1, 0.15) is 17.7 Å². The lowest BCUT2D eigenvalue weighted by Crippen LogP contribution is -2.64.